The largest absolute Gasteiger partial charge is 0.349 e. The number of amides is 2. The minimum Gasteiger partial charge on any atom is -0.349 e. The van der Waals surface area contributed by atoms with E-state index in [9.17, 15) is 9.59 Å². The number of anilines is 1. The van der Waals surface area contributed by atoms with Crippen LogP contribution < -0.4 is 10.6 Å². The molecule has 1 heterocycles. The molecule has 6 heteroatoms. The van der Waals surface area contributed by atoms with Crippen molar-refractivity contribution in [3.8, 4) is 11.3 Å². The van der Waals surface area contributed by atoms with Crippen molar-refractivity contribution in [2.24, 2.45) is 13.0 Å². The van der Waals surface area contributed by atoms with Gasteiger partial charge in [0.15, 0.2) is 0 Å². The van der Waals surface area contributed by atoms with Crippen LogP contribution in [0.25, 0.3) is 11.3 Å². The summed E-state index contributed by atoms with van der Waals surface area (Å²) >= 11 is 0. The number of nitrogens with zero attached hydrogens (tertiary/aromatic N) is 2. The quantitative estimate of drug-likeness (QED) is 0.813. The fourth-order valence-corrected chi connectivity index (χ4v) is 3.39. The van der Waals surface area contributed by atoms with E-state index in [1.165, 1.54) is 6.08 Å². The monoisotopic (exact) mass is 352 g/mol. The van der Waals surface area contributed by atoms with Gasteiger partial charge in [0, 0.05) is 30.5 Å². The minimum atomic E-state index is -0.227. The van der Waals surface area contributed by atoms with Crippen molar-refractivity contribution in [2.45, 2.75) is 31.7 Å². The van der Waals surface area contributed by atoms with Crippen molar-refractivity contribution in [3.05, 3.63) is 49.2 Å². The van der Waals surface area contributed by atoms with Gasteiger partial charge >= 0.3 is 0 Å². The summed E-state index contributed by atoms with van der Waals surface area (Å²) in [6, 6.07) is 9.44. The van der Waals surface area contributed by atoms with E-state index in [-0.39, 0.29) is 23.8 Å². The number of nitrogens with one attached hydrogen (secondary N) is 2. The second-order valence-corrected chi connectivity index (χ2v) is 6.65. The number of hydrogen-bond acceptors (Lipinski definition) is 3. The van der Waals surface area contributed by atoms with Crippen molar-refractivity contribution in [2.75, 3.05) is 5.32 Å². The van der Waals surface area contributed by atoms with Crippen LogP contribution >= 0.6 is 0 Å². The summed E-state index contributed by atoms with van der Waals surface area (Å²) in [5.74, 6) is -0.498. The highest BCUT2D eigenvalue weighted by Gasteiger charge is 2.31. The molecule has 6 nitrogen and oxygen atoms in total. The molecule has 0 aliphatic heterocycles. The Bertz CT molecular complexity index is 794. The first kappa shape index (κ1) is 17.9. The summed E-state index contributed by atoms with van der Waals surface area (Å²) < 4.78 is 1.76. The number of rotatable bonds is 5. The third-order valence-electron chi connectivity index (χ3n) is 4.78. The van der Waals surface area contributed by atoms with Crippen LogP contribution in [-0.2, 0) is 16.6 Å². The zero-order valence-corrected chi connectivity index (χ0v) is 14.9. The van der Waals surface area contributed by atoms with Crippen LogP contribution in [0, 0.1) is 5.92 Å². The highest BCUT2D eigenvalue weighted by molar-refractivity contribution is 5.94. The van der Waals surface area contributed by atoms with Gasteiger partial charge in [-0.25, -0.2) is 0 Å². The van der Waals surface area contributed by atoms with E-state index < -0.39 is 0 Å². The lowest BCUT2D eigenvalue weighted by Crippen LogP contribution is -2.46. The van der Waals surface area contributed by atoms with Crippen LogP contribution in [0.3, 0.4) is 0 Å². The Morgan fingerprint density at radius 1 is 1.19 bits per heavy atom. The topological polar surface area (TPSA) is 76.0 Å². The van der Waals surface area contributed by atoms with Gasteiger partial charge in [-0.3, -0.25) is 14.3 Å². The van der Waals surface area contributed by atoms with E-state index >= 15 is 0 Å². The standard InChI is InChI=1S/C20H24N4O2/c1-3-19(25)22-18-7-5-4-6-16(18)20(26)21-15-10-8-14(9-11-15)17-12-13-24(2)23-17/h3,8-13,16,18H,1,4-7H2,2H3,(H,21,26)(H,22,25)/t16-,18+/m0/s1. The Balaban J connectivity index is 1.66. The summed E-state index contributed by atoms with van der Waals surface area (Å²) in [5.41, 5.74) is 2.64. The van der Waals surface area contributed by atoms with Crippen LogP contribution in [0.15, 0.2) is 49.2 Å². The fourth-order valence-electron chi connectivity index (χ4n) is 3.39. The molecule has 2 N–H and O–H groups in total. The highest BCUT2D eigenvalue weighted by Crippen LogP contribution is 2.26. The fraction of sp³-hybridized carbons (Fsp3) is 0.350. The molecule has 0 saturated heterocycles. The molecule has 26 heavy (non-hydrogen) atoms. The van der Waals surface area contributed by atoms with Crippen LogP contribution in [0.1, 0.15) is 25.7 Å². The first-order chi connectivity index (χ1) is 12.6. The van der Waals surface area contributed by atoms with Gasteiger partial charge in [0.1, 0.15) is 0 Å². The Morgan fingerprint density at radius 2 is 1.92 bits per heavy atom. The zero-order valence-electron chi connectivity index (χ0n) is 14.9. The van der Waals surface area contributed by atoms with Crippen LogP contribution in [0.4, 0.5) is 5.69 Å². The molecule has 0 bridgehead atoms. The van der Waals surface area contributed by atoms with E-state index in [1.807, 2.05) is 43.6 Å². The van der Waals surface area contributed by atoms with Crippen molar-refractivity contribution < 1.29 is 9.59 Å². The molecule has 1 aromatic carbocycles. The Kier molecular flexibility index (Phi) is 5.51. The molecule has 0 radical (unpaired) electrons. The van der Waals surface area contributed by atoms with E-state index in [1.54, 1.807) is 4.68 Å². The molecule has 2 atom stereocenters. The van der Waals surface area contributed by atoms with E-state index in [0.717, 1.165) is 42.6 Å². The zero-order chi connectivity index (χ0) is 18.5. The Morgan fingerprint density at radius 3 is 2.58 bits per heavy atom. The van der Waals surface area contributed by atoms with Gasteiger partial charge in [-0.05, 0) is 37.1 Å². The van der Waals surface area contributed by atoms with Crippen LogP contribution in [0.5, 0.6) is 0 Å². The second-order valence-electron chi connectivity index (χ2n) is 6.65. The number of aromatic nitrogens is 2. The summed E-state index contributed by atoms with van der Waals surface area (Å²) in [4.78, 5) is 24.3. The van der Waals surface area contributed by atoms with Crippen molar-refractivity contribution in [1.82, 2.24) is 15.1 Å². The number of carbonyl (C=O) groups excluding carboxylic acids is 2. The molecule has 0 unspecified atom stereocenters. The lowest BCUT2D eigenvalue weighted by molar-refractivity contribution is -0.123. The Labute approximate surface area is 153 Å². The van der Waals surface area contributed by atoms with Gasteiger partial charge in [-0.2, -0.15) is 5.10 Å². The van der Waals surface area contributed by atoms with E-state index in [4.69, 9.17) is 0 Å². The molecular weight excluding hydrogens is 328 g/mol. The third kappa shape index (κ3) is 4.20. The average Bonchev–Trinajstić information content (AvgIpc) is 3.09. The van der Waals surface area contributed by atoms with Crippen LogP contribution in [-0.4, -0.2) is 27.6 Å². The molecule has 3 rings (SSSR count). The molecule has 2 aromatic rings. The molecule has 0 spiro atoms. The molecule has 2 amide bonds. The van der Waals surface area contributed by atoms with E-state index in [2.05, 4.69) is 22.3 Å². The first-order valence-corrected chi connectivity index (χ1v) is 8.90. The first-order valence-electron chi connectivity index (χ1n) is 8.90. The van der Waals surface area contributed by atoms with Crippen molar-refractivity contribution >= 4 is 17.5 Å². The average molecular weight is 352 g/mol. The Hall–Kier alpha value is -2.89. The van der Waals surface area contributed by atoms with Gasteiger partial charge in [0.2, 0.25) is 11.8 Å². The summed E-state index contributed by atoms with van der Waals surface area (Å²) in [6.07, 6.45) is 6.75. The molecule has 1 saturated carbocycles. The summed E-state index contributed by atoms with van der Waals surface area (Å²) in [7, 11) is 1.88. The van der Waals surface area contributed by atoms with Gasteiger partial charge < -0.3 is 10.6 Å². The molecule has 136 valence electrons. The number of carbonyl (C=O) groups is 2. The number of hydrogen-bond donors (Lipinski definition) is 2. The van der Waals surface area contributed by atoms with E-state index in [0.29, 0.717) is 0 Å². The number of aryl methyl sites for hydroxylation is 1. The maximum Gasteiger partial charge on any atom is 0.243 e. The summed E-state index contributed by atoms with van der Waals surface area (Å²) in [5, 5.41) is 10.2. The molecule has 1 aliphatic carbocycles. The smallest absolute Gasteiger partial charge is 0.243 e. The van der Waals surface area contributed by atoms with Crippen molar-refractivity contribution in [1.29, 1.82) is 0 Å². The van der Waals surface area contributed by atoms with Crippen molar-refractivity contribution in [3.63, 3.8) is 0 Å². The number of benzene rings is 1. The van der Waals surface area contributed by atoms with Gasteiger partial charge in [0.25, 0.3) is 0 Å². The molecule has 1 aromatic heterocycles. The van der Waals surface area contributed by atoms with Gasteiger partial charge in [-0.15, -0.1) is 0 Å². The minimum absolute atomic E-state index is 0.0513. The predicted octanol–water partition coefficient (Wildman–Crippen LogP) is 2.89. The SMILES string of the molecule is C=CC(=O)N[C@@H]1CCCC[C@@H]1C(=O)Nc1ccc(-c2ccn(C)n2)cc1. The molecule has 1 aliphatic rings. The summed E-state index contributed by atoms with van der Waals surface area (Å²) in [6.45, 7) is 3.48. The lowest BCUT2D eigenvalue weighted by Gasteiger charge is -2.31. The van der Waals surface area contributed by atoms with Crippen LogP contribution in [0.2, 0.25) is 0 Å². The normalized spacial score (nSPS) is 19.6. The molecular formula is C20H24N4O2. The maximum atomic E-state index is 12.7. The third-order valence-corrected chi connectivity index (χ3v) is 4.78. The highest BCUT2D eigenvalue weighted by atomic mass is 16.2. The second kappa shape index (κ2) is 7.99. The maximum absolute atomic E-state index is 12.7. The van der Waals surface area contributed by atoms with Gasteiger partial charge in [-0.1, -0.05) is 31.6 Å². The van der Waals surface area contributed by atoms with Gasteiger partial charge in [0.05, 0.1) is 11.6 Å². The predicted molar refractivity (Wildman–Crippen MR) is 101 cm³/mol. The molecule has 1 fully saturated rings. The lowest BCUT2D eigenvalue weighted by atomic mass is 9.83.